The molecule has 6 heteroatoms. The lowest BCUT2D eigenvalue weighted by Gasteiger charge is -2.10. The first-order valence-corrected chi connectivity index (χ1v) is 9.20. The van der Waals surface area contributed by atoms with E-state index >= 15 is 0 Å². The van der Waals surface area contributed by atoms with Crippen molar-refractivity contribution in [2.24, 2.45) is 0 Å². The molecule has 0 atom stereocenters. The van der Waals surface area contributed by atoms with E-state index in [2.05, 4.69) is 9.71 Å². The summed E-state index contributed by atoms with van der Waals surface area (Å²) >= 11 is 0. The zero-order valence-corrected chi connectivity index (χ0v) is 14.4. The number of aryl methyl sites for hydroxylation is 2. The van der Waals surface area contributed by atoms with Crippen molar-refractivity contribution in [3.8, 4) is 5.69 Å². The molecule has 0 amide bonds. The van der Waals surface area contributed by atoms with Gasteiger partial charge < -0.3 is 4.57 Å². The number of hydrogen-bond donors (Lipinski definition) is 1. The molecule has 124 valence electrons. The number of imidazole rings is 1. The molecule has 5 nitrogen and oxygen atoms in total. The van der Waals surface area contributed by atoms with Crippen LogP contribution in [0, 0.1) is 6.92 Å². The van der Waals surface area contributed by atoms with E-state index in [9.17, 15) is 8.42 Å². The minimum absolute atomic E-state index is 0.250. The number of hydrogen-bond acceptors (Lipinski definition) is 3. The SMILES string of the molecule is CCc1nccn1-c1ccc(NS(=O)(=O)c2ccc(C)cc2)cc1. The van der Waals surface area contributed by atoms with Crippen LogP contribution in [-0.2, 0) is 16.4 Å². The predicted octanol–water partition coefficient (Wildman–Crippen LogP) is 3.54. The maximum absolute atomic E-state index is 12.4. The van der Waals surface area contributed by atoms with Gasteiger partial charge in [-0.3, -0.25) is 4.72 Å². The Kier molecular flexibility index (Phi) is 4.40. The number of aromatic nitrogens is 2. The fourth-order valence-corrected chi connectivity index (χ4v) is 3.51. The third-order valence-electron chi connectivity index (χ3n) is 3.76. The van der Waals surface area contributed by atoms with Crippen LogP contribution >= 0.6 is 0 Å². The first kappa shape index (κ1) is 16.3. The highest BCUT2D eigenvalue weighted by Gasteiger charge is 2.13. The van der Waals surface area contributed by atoms with Crippen molar-refractivity contribution in [1.82, 2.24) is 9.55 Å². The third kappa shape index (κ3) is 3.33. The van der Waals surface area contributed by atoms with Crippen LogP contribution in [-0.4, -0.2) is 18.0 Å². The van der Waals surface area contributed by atoms with Gasteiger partial charge in [-0.15, -0.1) is 0 Å². The Morgan fingerprint density at radius 2 is 1.71 bits per heavy atom. The molecule has 1 aromatic heterocycles. The van der Waals surface area contributed by atoms with E-state index in [-0.39, 0.29) is 4.90 Å². The summed E-state index contributed by atoms with van der Waals surface area (Å²) in [7, 11) is -3.58. The van der Waals surface area contributed by atoms with Crippen LogP contribution in [0.3, 0.4) is 0 Å². The molecule has 0 fully saturated rings. The van der Waals surface area contributed by atoms with Crippen molar-refractivity contribution in [3.63, 3.8) is 0 Å². The minimum Gasteiger partial charge on any atom is -0.304 e. The van der Waals surface area contributed by atoms with Crippen molar-refractivity contribution in [2.75, 3.05) is 4.72 Å². The molecule has 2 aromatic carbocycles. The number of anilines is 1. The van der Waals surface area contributed by atoms with Gasteiger partial charge in [0.25, 0.3) is 10.0 Å². The van der Waals surface area contributed by atoms with E-state index in [0.29, 0.717) is 5.69 Å². The first-order valence-electron chi connectivity index (χ1n) is 7.72. The monoisotopic (exact) mass is 341 g/mol. The molecular formula is C18H19N3O2S. The summed E-state index contributed by atoms with van der Waals surface area (Å²) < 4.78 is 29.4. The predicted molar refractivity (Wildman–Crippen MR) is 94.9 cm³/mol. The van der Waals surface area contributed by atoms with Gasteiger partial charge in [-0.2, -0.15) is 0 Å². The van der Waals surface area contributed by atoms with Crippen LogP contribution in [0.25, 0.3) is 5.69 Å². The lowest BCUT2D eigenvalue weighted by Crippen LogP contribution is -2.13. The second-order valence-electron chi connectivity index (χ2n) is 5.53. The smallest absolute Gasteiger partial charge is 0.261 e. The van der Waals surface area contributed by atoms with Gasteiger partial charge in [0.1, 0.15) is 5.82 Å². The fraction of sp³-hybridized carbons (Fsp3) is 0.167. The Morgan fingerprint density at radius 3 is 2.33 bits per heavy atom. The number of nitrogens with one attached hydrogen (secondary N) is 1. The Labute approximate surface area is 142 Å². The first-order chi connectivity index (χ1) is 11.5. The van der Waals surface area contributed by atoms with Crippen LogP contribution in [0.1, 0.15) is 18.3 Å². The summed E-state index contributed by atoms with van der Waals surface area (Å²) in [6, 6.07) is 14.0. The highest BCUT2D eigenvalue weighted by molar-refractivity contribution is 7.92. The fourth-order valence-electron chi connectivity index (χ4n) is 2.45. The largest absolute Gasteiger partial charge is 0.304 e. The molecule has 1 N–H and O–H groups in total. The van der Waals surface area contributed by atoms with Crippen molar-refractivity contribution < 1.29 is 8.42 Å². The maximum Gasteiger partial charge on any atom is 0.261 e. The van der Waals surface area contributed by atoms with Gasteiger partial charge in [-0.05, 0) is 43.3 Å². The van der Waals surface area contributed by atoms with E-state index in [1.807, 2.05) is 36.7 Å². The molecule has 0 saturated carbocycles. The molecule has 0 aliphatic heterocycles. The maximum atomic E-state index is 12.4. The molecule has 0 unspecified atom stereocenters. The molecule has 0 bridgehead atoms. The molecule has 0 aliphatic carbocycles. The quantitative estimate of drug-likeness (QED) is 0.772. The second kappa shape index (κ2) is 6.49. The zero-order chi connectivity index (χ0) is 17.2. The molecule has 0 spiro atoms. The number of rotatable bonds is 5. The van der Waals surface area contributed by atoms with Crippen molar-refractivity contribution in [1.29, 1.82) is 0 Å². The van der Waals surface area contributed by atoms with E-state index < -0.39 is 10.0 Å². The standard InChI is InChI=1S/C18H19N3O2S/c1-3-18-19-12-13-21(18)16-8-6-15(7-9-16)20-24(22,23)17-10-4-14(2)5-11-17/h4-13,20H,3H2,1-2H3. The molecule has 0 radical (unpaired) electrons. The van der Waals surface area contributed by atoms with Crippen LogP contribution in [0.4, 0.5) is 5.69 Å². The van der Waals surface area contributed by atoms with Gasteiger partial charge >= 0.3 is 0 Å². The summed E-state index contributed by atoms with van der Waals surface area (Å²) in [5, 5.41) is 0. The average molecular weight is 341 g/mol. The average Bonchev–Trinajstić information content (AvgIpc) is 3.04. The van der Waals surface area contributed by atoms with E-state index in [0.717, 1.165) is 23.5 Å². The number of sulfonamides is 1. The number of nitrogens with zero attached hydrogens (tertiary/aromatic N) is 2. The molecule has 1 heterocycles. The van der Waals surface area contributed by atoms with E-state index in [4.69, 9.17) is 0 Å². The van der Waals surface area contributed by atoms with Gasteiger partial charge in [0.2, 0.25) is 0 Å². The second-order valence-corrected chi connectivity index (χ2v) is 7.21. The molecule has 0 saturated heterocycles. The lowest BCUT2D eigenvalue weighted by atomic mass is 10.2. The van der Waals surface area contributed by atoms with Gasteiger partial charge in [-0.1, -0.05) is 24.6 Å². The summed E-state index contributed by atoms with van der Waals surface area (Å²) in [6.07, 6.45) is 4.48. The van der Waals surface area contributed by atoms with Gasteiger partial charge in [0, 0.05) is 30.2 Å². The Balaban J connectivity index is 1.82. The third-order valence-corrected chi connectivity index (χ3v) is 5.16. The van der Waals surface area contributed by atoms with Gasteiger partial charge in [-0.25, -0.2) is 13.4 Å². The molecular weight excluding hydrogens is 322 g/mol. The molecule has 0 aliphatic rings. The van der Waals surface area contributed by atoms with Crippen LogP contribution < -0.4 is 4.72 Å². The summed E-state index contributed by atoms with van der Waals surface area (Å²) in [5.74, 6) is 0.961. The van der Waals surface area contributed by atoms with Crippen molar-refractivity contribution >= 4 is 15.7 Å². The van der Waals surface area contributed by atoms with E-state index in [1.54, 1.807) is 42.6 Å². The summed E-state index contributed by atoms with van der Waals surface area (Å²) in [6.45, 7) is 3.96. The normalized spacial score (nSPS) is 11.4. The lowest BCUT2D eigenvalue weighted by molar-refractivity contribution is 0.601. The topological polar surface area (TPSA) is 64.0 Å². The summed E-state index contributed by atoms with van der Waals surface area (Å²) in [5.41, 5.74) is 2.49. The molecule has 3 aromatic rings. The zero-order valence-electron chi connectivity index (χ0n) is 13.6. The summed E-state index contributed by atoms with van der Waals surface area (Å²) in [4.78, 5) is 4.54. The van der Waals surface area contributed by atoms with Crippen molar-refractivity contribution in [3.05, 3.63) is 72.3 Å². The van der Waals surface area contributed by atoms with Crippen LogP contribution in [0.5, 0.6) is 0 Å². The Morgan fingerprint density at radius 1 is 1.04 bits per heavy atom. The highest BCUT2D eigenvalue weighted by Crippen LogP contribution is 2.19. The van der Waals surface area contributed by atoms with Crippen LogP contribution in [0.2, 0.25) is 0 Å². The van der Waals surface area contributed by atoms with E-state index in [1.165, 1.54) is 0 Å². The van der Waals surface area contributed by atoms with Gasteiger partial charge in [0.05, 0.1) is 4.90 Å². The number of benzene rings is 2. The molecule has 3 rings (SSSR count). The van der Waals surface area contributed by atoms with Gasteiger partial charge in [0.15, 0.2) is 0 Å². The van der Waals surface area contributed by atoms with Crippen molar-refractivity contribution in [2.45, 2.75) is 25.2 Å². The Bertz CT molecular complexity index is 927. The Hall–Kier alpha value is -2.60. The highest BCUT2D eigenvalue weighted by atomic mass is 32.2. The minimum atomic E-state index is -3.58. The molecule has 24 heavy (non-hydrogen) atoms. The van der Waals surface area contributed by atoms with Crippen LogP contribution in [0.15, 0.2) is 65.8 Å².